The van der Waals surface area contributed by atoms with Crippen LogP contribution < -0.4 is 4.74 Å². The van der Waals surface area contributed by atoms with Gasteiger partial charge in [-0.1, -0.05) is 24.1 Å². The summed E-state index contributed by atoms with van der Waals surface area (Å²) in [5, 5.41) is 0. The van der Waals surface area contributed by atoms with Gasteiger partial charge in [0.25, 0.3) is 0 Å². The lowest BCUT2D eigenvalue weighted by atomic mass is 10.1. The Kier molecular flexibility index (Phi) is 3.42. The van der Waals surface area contributed by atoms with E-state index in [1.165, 1.54) is 0 Å². The van der Waals surface area contributed by atoms with Gasteiger partial charge in [-0.05, 0) is 30.2 Å². The predicted molar refractivity (Wildman–Crippen MR) is 67.7 cm³/mol. The number of aromatic nitrogens is 1. The second-order valence-electron chi connectivity index (χ2n) is 3.61. The summed E-state index contributed by atoms with van der Waals surface area (Å²) in [6, 6.07) is 11.4. The topological polar surface area (TPSA) is 22.1 Å². The Morgan fingerprint density at radius 1 is 1.29 bits per heavy atom. The van der Waals surface area contributed by atoms with E-state index in [1.54, 1.807) is 12.6 Å². The molecule has 0 aliphatic rings. The minimum Gasteiger partial charge on any atom is -0.439 e. The van der Waals surface area contributed by atoms with E-state index in [0.717, 1.165) is 16.9 Å². The number of benzene rings is 1. The van der Waals surface area contributed by atoms with Gasteiger partial charge in [-0.2, -0.15) is 0 Å². The van der Waals surface area contributed by atoms with Crippen LogP contribution in [0.5, 0.6) is 11.6 Å². The van der Waals surface area contributed by atoms with Crippen LogP contribution in [0.1, 0.15) is 11.1 Å². The number of terminal acetylenes is 1. The van der Waals surface area contributed by atoms with Crippen molar-refractivity contribution in [3.05, 3.63) is 60.1 Å². The summed E-state index contributed by atoms with van der Waals surface area (Å²) in [4.78, 5) is 4.12. The Morgan fingerprint density at radius 2 is 2.18 bits per heavy atom. The molecular weight excluding hydrogens is 210 g/mol. The molecular formula is C15H12NO. The molecule has 0 aliphatic heterocycles. The average Bonchev–Trinajstić information content (AvgIpc) is 2.35. The number of aryl methyl sites for hydroxylation is 1. The molecule has 0 amide bonds. The molecule has 0 N–H and O–H groups in total. The number of hydrogen-bond donors (Lipinski definition) is 0. The van der Waals surface area contributed by atoms with E-state index in [1.807, 2.05) is 43.3 Å². The molecule has 17 heavy (non-hydrogen) atoms. The third-order valence-electron chi connectivity index (χ3n) is 2.31. The van der Waals surface area contributed by atoms with Crippen molar-refractivity contribution in [3.63, 3.8) is 0 Å². The van der Waals surface area contributed by atoms with Gasteiger partial charge in [0.1, 0.15) is 5.75 Å². The van der Waals surface area contributed by atoms with Gasteiger partial charge in [0.2, 0.25) is 5.88 Å². The number of nitrogens with zero attached hydrogens (tertiary/aromatic N) is 1. The Morgan fingerprint density at radius 3 is 2.88 bits per heavy atom. The lowest BCUT2D eigenvalue weighted by Gasteiger charge is -2.08. The smallest absolute Gasteiger partial charge is 0.219 e. The fraction of sp³-hybridized carbons (Fsp3) is 0.0667. The van der Waals surface area contributed by atoms with Crippen LogP contribution in [0.25, 0.3) is 0 Å². The predicted octanol–water partition coefficient (Wildman–Crippen LogP) is 3.37. The van der Waals surface area contributed by atoms with E-state index < -0.39 is 0 Å². The summed E-state index contributed by atoms with van der Waals surface area (Å²) < 4.78 is 5.70. The first-order valence-electron chi connectivity index (χ1n) is 5.28. The van der Waals surface area contributed by atoms with Crippen LogP contribution in [0.4, 0.5) is 0 Å². The van der Waals surface area contributed by atoms with Crippen LogP contribution in [0, 0.1) is 25.7 Å². The molecule has 1 heterocycles. The highest BCUT2D eigenvalue weighted by atomic mass is 16.5. The fourth-order valence-electron chi connectivity index (χ4n) is 1.43. The van der Waals surface area contributed by atoms with E-state index >= 15 is 0 Å². The van der Waals surface area contributed by atoms with Gasteiger partial charge in [-0.3, -0.25) is 0 Å². The largest absolute Gasteiger partial charge is 0.439 e. The van der Waals surface area contributed by atoms with E-state index in [0.29, 0.717) is 5.88 Å². The van der Waals surface area contributed by atoms with Crippen molar-refractivity contribution in [2.24, 2.45) is 0 Å². The van der Waals surface area contributed by atoms with Crippen LogP contribution in [0.3, 0.4) is 0 Å². The minimum absolute atomic E-state index is 0.577. The van der Waals surface area contributed by atoms with Gasteiger partial charge in [0.05, 0.1) is 6.42 Å². The monoisotopic (exact) mass is 222 g/mol. The molecule has 1 aromatic heterocycles. The van der Waals surface area contributed by atoms with E-state index in [9.17, 15) is 0 Å². The summed E-state index contributed by atoms with van der Waals surface area (Å²) in [7, 11) is 0. The van der Waals surface area contributed by atoms with Crippen molar-refractivity contribution in [3.8, 4) is 24.0 Å². The molecule has 2 heteroatoms. The second-order valence-corrected chi connectivity index (χ2v) is 3.61. The number of rotatable bonds is 3. The van der Waals surface area contributed by atoms with Crippen molar-refractivity contribution < 1.29 is 4.74 Å². The molecule has 83 valence electrons. The maximum Gasteiger partial charge on any atom is 0.219 e. The molecule has 0 saturated heterocycles. The number of hydrogen-bond acceptors (Lipinski definition) is 2. The molecule has 2 rings (SSSR count). The number of ether oxygens (including phenoxy) is 1. The highest BCUT2D eigenvalue weighted by Gasteiger charge is 2.03. The molecule has 1 aromatic carbocycles. The first-order valence-corrected chi connectivity index (χ1v) is 5.28. The maximum atomic E-state index is 5.70. The molecule has 0 unspecified atom stereocenters. The van der Waals surface area contributed by atoms with Gasteiger partial charge in [0.15, 0.2) is 0 Å². The molecule has 2 aromatic rings. The third-order valence-corrected chi connectivity index (χ3v) is 2.31. The summed E-state index contributed by atoms with van der Waals surface area (Å²) >= 11 is 0. The molecule has 0 saturated carbocycles. The summed E-state index contributed by atoms with van der Waals surface area (Å²) in [6.45, 7) is 1.98. The first-order chi connectivity index (χ1) is 8.29. The number of pyridine rings is 1. The van der Waals surface area contributed by atoms with E-state index in [-0.39, 0.29) is 0 Å². The molecule has 0 atom stereocenters. The van der Waals surface area contributed by atoms with Crippen molar-refractivity contribution in [2.75, 3.05) is 0 Å². The molecule has 1 radical (unpaired) electrons. The van der Waals surface area contributed by atoms with Gasteiger partial charge in [-0.15, -0.1) is 6.42 Å². The molecule has 0 bridgehead atoms. The lowest BCUT2D eigenvalue weighted by molar-refractivity contribution is 0.459. The fourth-order valence-corrected chi connectivity index (χ4v) is 1.43. The van der Waals surface area contributed by atoms with Crippen molar-refractivity contribution in [1.82, 2.24) is 4.98 Å². The Balaban J connectivity index is 2.26. The average molecular weight is 222 g/mol. The molecule has 0 spiro atoms. The van der Waals surface area contributed by atoms with Crippen molar-refractivity contribution in [2.45, 2.75) is 6.92 Å². The third kappa shape index (κ3) is 2.85. The zero-order valence-corrected chi connectivity index (χ0v) is 9.55. The Bertz CT molecular complexity index is 541. The van der Waals surface area contributed by atoms with Gasteiger partial charge in [-0.25, -0.2) is 4.98 Å². The van der Waals surface area contributed by atoms with Crippen molar-refractivity contribution in [1.29, 1.82) is 0 Å². The zero-order chi connectivity index (χ0) is 12.1. The molecule has 0 fully saturated rings. The highest BCUT2D eigenvalue weighted by Crippen LogP contribution is 2.25. The normalized spacial score (nSPS) is 9.65. The highest BCUT2D eigenvalue weighted by molar-refractivity contribution is 5.43. The summed E-state index contributed by atoms with van der Waals surface area (Å²) in [5.41, 5.74) is 1.99. The maximum absolute atomic E-state index is 5.70. The Hall–Kier alpha value is -2.27. The first kappa shape index (κ1) is 11.2. The quantitative estimate of drug-likeness (QED) is 0.743. The van der Waals surface area contributed by atoms with Crippen molar-refractivity contribution >= 4 is 0 Å². The van der Waals surface area contributed by atoms with Gasteiger partial charge < -0.3 is 4.74 Å². The second kappa shape index (κ2) is 5.18. The molecule has 0 aliphatic carbocycles. The van der Waals surface area contributed by atoms with Crippen LogP contribution in [-0.2, 0) is 0 Å². The lowest BCUT2D eigenvalue weighted by Crippen LogP contribution is -1.91. The van der Waals surface area contributed by atoms with Gasteiger partial charge >= 0.3 is 0 Å². The SMILES string of the molecule is C#C[CH]c1ccc(C)c(Oc2ccccn2)c1. The summed E-state index contributed by atoms with van der Waals surface area (Å²) in [5.74, 6) is 3.85. The van der Waals surface area contributed by atoms with Crippen LogP contribution in [0.15, 0.2) is 42.6 Å². The van der Waals surface area contributed by atoms with Gasteiger partial charge in [0, 0.05) is 12.3 Å². The van der Waals surface area contributed by atoms with Crippen LogP contribution in [-0.4, -0.2) is 4.98 Å². The minimum atomic E-state index is 0.577. The van der Waals surface area contributed by atoms with E-state index in [2.05, 4.69) is 10.9 Å². The summed E-state index contributed by atoms with van der Waals surface area (Å²) in [6.07, 6.45) is 8.64. The Labute approximate surface area is 101 Å². The van der Waals surface area contributed by atoms with Crippen LogP contribution >= 0.6 is 0 Å². The standard InChI is InChI=1S/C15H12NO/c1-3-6-13-9-8-12(2)14(11-13)17-15-7-4-5-10-16-15/h1,4-11H,2H3. The van der Waals surface area contributed by atoms with E-state index in [4.69, 9.17) is 11.2 Å². The molecule has 2 nitrogen and oxygen atoms in total. The van der Waals surface area contributed by atoms with Crippen LogP contribution in [0.2, 0.25) is 0 Å². The zero-order valence-electron chi connectivity index (χ0n) is 9.55.